The highest BCUT2D eigenvalue weighted by atomic mass is 79.9. The van der Waals surface area contributed by atoms with Gasteiger partial charge in [-0.05, 0) is 18.2 Å². The largest absolute Gasteiger partial charge is 0.495 e. The smallest absolute Gasteiger partial charge is 0.277 e. The summed E-state index contributed by atoms with van der Waals surface area (Å²) >= 11 is 3.32. The Labute approximate surface area is 124 Å². The second-order valence-corrected chi connectivity index (χ2v) is 4.96. The predicted octanol–water partition coefficient (Wildman–Crippen LogP) is 1.11. The van der Waals surface area contributed by atoms with Gasteiger partial charge in [-0.3, -0.25) is 14.5 Å². The third-order valence-corrected chi connectivity index (χ3v) is 3.26. The molecule has 1 aliphatic heterocycles. The number of aliphatic hydroxyl groups excluding tert-OH is 1. The fourth-order valence-corrected chi connectivity index (χ4v) is 2.16. The first kappa shape index (κ1) is 14.5. The van der Waals surface area contributed by atoms with Crippen molar-refractivity contribution in [2.45, 2.75) is 0 Å². The van der Waals surface area contributed by atoms with Gasteiger partial charge in [-0.25, -0.2) is 0 Å². The van der Waals surface area contributed by atoms with Crippen LogP contribution in [0.1, 0.15) is 0 Å². The zero-order valence-electron chi connectivity index (χ0n) is 10.7. The molecule has 1 aromatic carbocycles. The lowest BCUT2D eigenvalue weighted by atomic mass is 10.2. The topological polar surface area (TPSA) is 78.9 Å². The van der Waals surface area contributed by atoms with Crippen molar-refractivity contribution < 1.29 is 19.4 Å². The maximum absolute atomic E-state index is 12.0. The van der Waals surface area contributed by atoms with E-state index in [-0.39, 0.29) is 18.8 Å². The number of aliphatic hydroxyl groups is 1. The molecule has 7 heteroatoms. The molecule has 1 aromatic rings. The number of anilines is 1. The number of hydrogen-bond donors (Lipinski definition) is 2. The van der Waals surface area contributed by atoms with Crippen molar-refractivity contribution in [3.8, 4) is 5.75 Å². The second-order valence-electron chi connectivity index (χ2n) is 4.05. The lowest BCUT2D eigenvalue weighted by molar-refractivity contribution is -0.137. The summed E-state index contributed by atoms with van der Waals surface area (Å²) in [6, 6.07) is 5.27. The van der Waals surface area contributed by atoms with Gasteiger partial charge in [0, 0.05) is 10.5 Å². The number of nitrogens with zero attached hydrogens (tertiary/aromatic N) is 1. The molecule has 0 spiro atoms. The van der Waals surface area contributed by atoms with E-state index in [1.807, 2.05) is 0 Å². The Hall–Kier alpha value is -1.86. The third-order valence-electron chi connectivity index (χ3n) is 2.77. The first-order chi connectivity index (χ1) is 9.56. The van der Waals surface area contributed by atoms with Gasteiger partial charge in [0.1, 0.15) is 11.4 Å². The van der Waals surface area contributed by atoms with E-state index in [1.54, 1.807) is 18.2 Å². The zero-order valence-corrected chi connectivity index (χ0v) is 12.3. The Balaban J connectivity index is 2.21. The molecule has 6 nitrogen and oxygen atoms in total. The number of ether oxygens (including phenoxy) is 1. The van der Waals surface area contributed by atoms with Gasteiger partial charge < -0.3 is 15.2 Å². The van der Waals surface area contributed by atoms with Crippen LogP contribution in [0.3, 0.4) is 0 Å². The minimum atomic E-state index is -0.464. The maximum Gasteiger partial charge on any atom is 0.277 e. The number of halogens is 1. The average Bonchev–Trinajstić information content (AvgIpc) is 2.69. The second kappa shape index (κ2) is 6.06. The van der Waals surface area contributed by atoms with Crippen molar-refractivity contribution in [3.63, 3.8) is 0 Å². The van der Waals surface area contributed by atoms with Gasteiger partial charge in [-0.15, -0.1) is 0 Å². The van der Waals surface area contributed by atoms with Crippen LogP contribution in [-0.4, -0.2) is 42.1 Å². The van der Waals surface area contributed by atoms with E-state index in [1.165, 1.54) is 13.2 Å². The van der Waals surface area contributed by atoms with Crippen LogP contribution in [0.5, 0.6) is 5.75 Å². The van der Waals surface area contributed by atoms with E-state index in [4.69, 9.17) is 9.84 Å². The standard InChI is InChI=1S/C13H13BrN2O4/c1-20-11-6-8(14)2-3-9(11)15-10-7-12(18)16(4-5-17)13(10)19/h2-3,6-7,15,17H,4-5H2,1H3. The molecule has 106 valence electrons. The molecular weight excluding hydrogens is 328 g/mol. The molecule has 2 amide bonds. The fraction of sp³-hybridized carbons (Fsp3) is 0.231. The molecule has 0 unspecified atom stereocenters. The van der Waals surface area contributed by atoms with Crippen molar-refractivity contribution in [2.24, 2.45) is 0 Å². The van der Waals surface area contributed by atoms with E-state index in [2.05, 4.69) is 21.2 Å². The molecule has 1 aliphatic rings. The van der Waals surface area contributed by atoms with E-state index < -0.39 is 11.8 Å². The van der Waals surface area contributed by atoms with Gasteiger partial charge in [-0.1, -0.05) is 15.9 Å². The van der Waals surface area contributed by atoms with Crippen LogP contribution in [0.25, 0.3) is 0 Å². The van der Waals surface area contributed by atoms with E-state index in [0.29, 0.717) is 11.4 Å². The summed E-state index contributed by atoms with van der Waals surface area (Å²) in [4.78, 5) is 24.6. The van der Waals surface area contributed by atoms with Gasteiger partial charge in [0.2, 0.25) is 0 Å². The Morgan fingerprint density at radius 2 is 2.15 bits per heavy atom. The molecule has 0 aromatic heterocycles. The summed E-state index contributed by atoms with van der Waals surface area (Å²) in [5.41, 5.74) is 0.734. The summed E-state index contributed by atoms with van der Waals surface area (Å²) in [6.07, 6.45) is 1.21. The number of carbonyl (C=O) groups is 2. The van der Waals surface area contributed by atoms with E-state index in [9.17, 15) is 9.59 Å². The van der Waals surface area contributed by atoms with Gasteiger partial charge >= 0.3 is 0 Å². The number of methoxy groups -OCH3 is 1. The molecule has 0 bridgehead atoms. The van der Waals surface area contributed by atoms with Crippen molar-refractivity contribution in [1.29, 1.82) is 0 Å². The monoisotopic (exact) mass is 340 g/mol. The summed E-state index contributed by atoms with van der Waals surface area (Å²) < 4.78 is 6.04. The van der Waals surface area contributed by atoms with Crippen molar-refractivity contribution >= 4 is 33.4 Å². The molecule has 0 fully saturated rings. The Morgan fingerprint density at radius 1 is 1.40 bits per heavy atom. The molecule has 0 saturated heterocycles. The third kappa shape index (κ3) is 2.83. The first-order valence-corrected chi connectivity index (χ1v) is 6.65. The minimum absolute atomic E-state index is 0.0170. The first-order valence-electron chi connectivity index (χ1n) is 5.85. The SMILES string of the molecule is COc1cc(Br)ccc1NC1=CC(=O)N(CCO)C1=O. The Kier molecular flexibility index (Phi) is 4.41. The van der Waals surface area contributed by atoms with Crippen LogP contribution in [0.2, 0.25) is 0 Å². The molecule has 0 radical (unpaired) electrons. The van der Waals surface area contributed by atoms with Crippen LogP contribution < -0.4 is 10.1 Å². The summed E-state index contributed by atoms with van der Waals surface area (Å²) in [5, 5.41) is 11.7. The maximum atomic E-state index is 12.0. The van der Waals surface area contributed by atoms with Crippen molar-refractivity contribution in [3.05, 3.63) is 34.4 Å². The summed E-state index contributed by atoms with van der Waals surface area (Å²) in [7, 11) is 1.51. The van der Waals surface area contributed by atoms with E-state index >= 15 is 0 Å². The molecule has 2 N–H and O–H groups in total. The number of nitrogens with one attached hydrogen (secondary N) is 1. The highest BCUT2D eigenvalue weighted by Crippen LogP contribution is 2.30. The normalized spacial score (nSPS) is 14.6. The van der Waals surface area contributed by atoms with Crippen molar-refractivity contribution in [1.82, 2.24) is 4.90 Å². The van der Waals surface area contributed by atoms with Crippen LogP contribution >= 0.6 is 15.9 Å². The molecule has 2 rings (SSSR count). The van der Waals surface area contributed by atoms with Gasteiger partial charge in [-0.2, -0.15) is 0 Å². The highest BCUT2D eigenvalue weighted by Gasteiger charge is 2.30. The molecule has 0 aliphatic carbocycles. The molecule has 0 atom stereocenters. The minimum Gasteiger partial charge on any atom is -0.495 e. The number of amides is 2. The molecule has 0 saturated carbocycles. The number of β-amino-alcohol motifs (C(OH)–C–C–N with tert-alkyl or cyclic N) is 1. The van der Waals surface area contributed by atoms with Gasteiger partial charge in [0.15, 0.2) is 0 Å². The fourth-order valence-electron chi connectivity index (χ4n) is 1.82. The Morgan fingerprint density at radius 3 is 2.80 bits per heavy atom. The Bertz CT molecular complexity index is 586. The predicted molar refractivity (Wildman–Crippen MR) is 76.2 cm³/mol. The summed E-state index contributed by atoms with van der Waals surface area (Å²) in [6.45, 7) is -0.281. The summed E-state index contributed by atoms with van der Waals surface area (Å²) in [5.74, 6) is -0.363. The van der Waals surface area contributed by atoms with Crippen molar-refractivity contribution in [2.75, 3.05) is 25.6 Å². The number of benzene rings is 1. The van der Waals surface area contributed by atoms with Crippen LogP contribution in [0, 0.1) is 0 Å². The number of carbonyl (C=O) groups excluding carboxylic acids is 2. The van der Waals surface area contributed by atoms with Crippen LogP contribution in [0.15, 0.2) is 34.4 Å². The molecular formula is C13H13BrN2O4. The highest BCUT2D eigenvalue weighted by molar-refractivity contribution is 9.10. The van der Waals surface area contributed by atoms with E-state index in [0.717, 1.165) is 9.37 Å². The lowest BCUT2D eigenvalue weighted by Crippen LogP contribution is -2.34. The van der Waals surface area contributed by atoms with Crippen LogP contribution in [-0.2, 0) is 9.59 Å². The lowest BCUT2D eigenvalue weighted by Gasteiger charge is -2.14. The quantitative estimate of drug-likeness (QED) is 0.785. The molecule has 20 heavy (non-hydrogen) atoms. The number of hydrogen-bond acceptors (Lipinski definition) is 5. The average molecular weight is 341 g/mol. The van der Waals surface area contributed by atoms with Gasteiger partial charge in [0.25, 0.3) is 11.8 Å². The van der Waals surface area contributed by atoms with Crippen LogP contribution in [0.4, 0.5) is 5.69 Å². The van der Waals surface area contributed by atoms with Gasteiger partial charge in [0.05, 0.1) is 25.9 Å². The molecule has 1 heterocycles. The number of rotatable bonds is 5. The zero-order chi connectivity index (χ0) is 14.7. The number of imide groups is 1.